The number of hydrogen-bond donors (Lipinski definition) is 0. The second kappa shape index (κ2) is 4.51. The minimum absolute atomic E-state index is 0.362. The minimum Gasteiger partial charge on any atom is -0.266 e. The third-order valence-electron chi connectivity index (χ3n) is 2.37. The molecule has 2 aromatic rings. The van der Waals surface area contributed by atoms with E-state index in [1.807, 2.05) is 16.8 Å². The number of rotatable bonds is 2. The van der Waals surface area contributed by atoms with Crippen molar-refractivity contribution in [3.63, 3.8) is 0 Å². The lowest BCUT2D eigenvalue weighted by molar-refractivity contribution is 0.520. The van der Waals surface area contributed by atoms with Crippen molar-refractivity contribution in [2.75, 3.05) is 0 Å². The number of halogens is 2. The van der Waals surface area contributed by atoms with Crippen LogP contribution in [0.2, 0.25) is 4.34 Å². The van der Waals surface area contributed by atoms with Gasteiger partial charge in [0.15, 0.2) is 0 Å². The van der Waals surface area contributed by atoms with E-state index in [1.165, 1.54) is 0 Å². The maximum absolute atomic E-state index is 5.94. The van der Waals surface area contributed by atoms with Gasteiger partial charge in [-0.2, -0.15) is 5.10 Å². The van der Waals surface area contributed by atoms with Crippen LogP contribution in [0.3, 0.4) is 0 Å². The molecule has 2 nitrogen and oxygen atoms in total. The first-order chi connectivity index (χ1) is 7.50. The Morgan fingerprint density at radius 1 is 1.44 bits per heavy atom. The largest absolute Gasteiger partial charge is 0.266 e. The summed E-state index contributed by atoms with van der Waals surface area (Å²) < 4.78 is 3.87. The molecule has 0 aliphatic carbocycles. The predicted octanol–water partition coefficient (Wildman–Crippen LogP) is 4.92. The van der Waals surface area contributed by atoms with Gasteiger partial charge >= 0.3 is 0 Å². The van der Waals surface area contributed by atoms with E-state index >= 15 is 0 Å². The molecule has 2 rings (SSSR count). The highest BCUT2D eigenvalue weighted by Gasteiger charge is 2.16. The molecule has 0 aliphatic rings. The fraction of sp³-hybridized carbons (Fsp3) is 0.364. The van der Waals surface area contributed by atoms with Crippen molar-refractivity contribution >= 4 is 38.9 Å². The molecule has 16 heavy (non-hydrogen) atoms. The number of nitrogens with zero attached hydrogens (tertiary/aromatic N) is 2. The zero-order chi connectivity index (χ0) is 11.9. The van der Waals surface area contributed by atoms with Crippen molar-refractivity contribution in [2.45, 2.75) is 26.8 Å². The molecule has 0 fully saturated rings. The van der Waals surface area contributed by atoms with Gasteiger partial charge in [-0.1, -0.05) is 11.6 Å². The molecular formula is C11H12BrClN2S. The van der Waals surface area contributed by atoms with E-state index in [2.05, 4.69) is 41.8 Å². The van der Waals surface area contributed by atoms with Crippen molar-refractivity contribution in [3.8, 4) is 10.6 Å². The van der Waals surface area contributed by atoms with E-state index in [0.717, 1.165) is 25.1 Å². The van der Waals surface area contributed by atoms with E-state index < -0.39 is 0 Å². The summed E-state index contributed by atoms with van der Waals surface area (Å²) in [5.74, 6) is 0. The Kier molecular flexibility index (Phi) is 3.42. The van der Waals surface area contributed by atoms with E-state index in [-0.39, 0.29) is 0 Å². The Morgan fingerprint density at radius 3 is 2.56 bits per heavy atom. The average Bonchev–Trinajstić information content (AvgIpc) is 2.74. The third kappa shape index (κ3) is 2.06. The van der Waals surface area contributed by atoms with Crippen molar-refractivity contribution in [1.29, 1.82) is 0 Å². The molecule has 0 amide bonds. The molecule has 0 aromatic carbocycles. The van der Waals surface area contributed by atoms with Gasteiger partial charge in [0, 0.05) is 6.04 Å². The summed E-state index contributed by atoms with van der Waals surface area (Å²) in [6.45, 7) is 6.31. The van der Waals surface area contributed by atoms with Crippen molar-refractivity contribution in [1.82, 2.24) is 9.78 Å². The standard InChI is InChI=1S/C11H12BrClN2S/c1-6(2)15-7(3)10(12)11(14-15)8-4-5-9(13)16-8/h4-6H,1-3H3. The molecule has 0 aliphatic heterocycles. The lowest BCUT2D eigenvalue weighted by atomic mass is 10.3. The van der Waals surface area contributed by atoms with Crippen LogP contribution in [-0.4, -0.2) is 9.78 Å². The number of thiophene rings is 1. The van der Waals surface area contributed by atoms with Crippen LogP contribution in [0.15, 0.2) is 16.6 Å². The van der Waals surface area contributed by atoms with Crippen LogP contribution in [0.25, 0.3) is 10.6 Å². The van der Waals surface area contributed by atoms with Gasteiger partial charge in [-0.15, -0.1) is 11.3 Å². The summed E-state index contributed by atoms with van der Waals surface area (Å²) in [6.07, 6.45) is 0. The normalized spacial score (nSPS) is 11.4. The maximum Gasteiger partial charge on any atom is 0.117 e. The van der Waals surface area contributed by atoms with Gasteiger partial charge in [-0.25, -0.2) is 0 Å². The molecule has 0 unspecified atom stereocenters. The lowest BCUT2D eigenvalue weighted by Gasteiger charge is -2.06. The highest BCUT2D eigenvalue weighted by atomic mass is 79.9. The summed E-state index contributed by atoms with van der Waals surface area (Å²) in [7, 11) is 0. The zero-order valence-corrected chi connectivity index (χ0v) is 12.4. The zero-order valence-electron chi connectivity index (χ0n) is 9.29. The van der Waals surface area contributed by atoms with Gasteiger partial charge in [0.2, 0.25) is 0 Å². The Hall–Kier alpha value is -0.320. The predicted molar refractivity (Wildman–Crippen MR) is 73.4 cm³/mol. The molecule has 0 radical (unpaired) electrons. The van der Waals surface area contributed by atoms with E-state index in [0.29, 0.717) is 6.04 Å². The molecule has 0 atom stereocenters. The number of hydrogen-bond acceptors (Lipinski definition) is 2. The molecule has 86 valence electrons. The van der Waals surface area contributed by atoms with Crippen molar-refractivity contribution < 1.29 is 0 Å². The molecule has 0 bridgehead atoms. The first kappa shape index (κ1) is 12.1. The summed E-state index contributed by atoms with van der Waals surface area (Å²) in [5, 5.41) is 4.61. The highest BCUT2D eigenvalue weighted by Crippen LogP contribution is 2.36. The van der Waals surface area contributed by atoms with Crippen LogP contribution < -0.4 is 0 Å². The SMILES string of the molecule is Cc1c(Br)c(-c2ccc(Cl)s2)nn1C(C)C. The van der Waals surface area contributed by atoms with Crippen LogP contribution in [0.4, 0.5) is 0 Å². The minimum atomic E-state index is 0.362. The van der Waals surface area contributed by atoms with Gasteiger partial charge in [-0.3, -0.25) is 4.68 Å². The van der Waals surface area contributed by atoms with E-state index in [1.54, 1.807) is 11.3 Å². The molecule has 0 spiro atoms. The first-order valence-electron chi connectivity index (χ1n) is 5.01. The van der Waals surface area contributed by atoms with Crippen molar-refractivity contribution in [3.05, 3.63) is 26.6 Å². The van der Waals surface area contributed by atoms with Crippen LogP contribution in [0, 0.1) is 6.92 Å². The first-order valence-corrected chi connectivity index (χ1v) is 6.99. The van der Waals surface area contributed by atoms with Gasteiger partial charge in [0.1, 0.15) is 5.69 Å². The molecule has 2 heterocycles. The molecule has 0 saturated heterocycles. The molecule has 0 saturated carbocycles. The quantitative estimate of drug-likeness (QED) is 0.768. The molecular weight excluding hydrogens is 308 g/mol. The average molecular weight is 320 g/mol. The van der Waals surface area contributed by atoms with Crippen LogP contribution in [0.5, 0.6) is 0 Å². The third-order valence-corrected chi connectivity index (χ3v) is 4.56. The Morgan fingerprint density at radius 2 is 2.12 bits per heavy atom. The van der Waals surface area contributed by atoms with Crippen LogP contribution in [-0.2, 0) is 0 Å². The van der Waals surface area contributed by atoms with Gasteiger partial charge in [-0.05, 0) is 48.8 Å². The fourth-order valence-electron chi connectivity index (χ4n) is 1.60. The summed E-state index contributed by atoms with van der Waals surface area (Å²) in [4.78, 5) is 1.10. The Labute approximate surface area is 112 Å². The van der Waals surface area contributed by atoms with Gasteiger partial charge in [0.05, 0.1) is 19.4 Å². The van der Waals surface area contributed by atoms with Crippen molar-refractivity contribution in [2.24, 2.45) is 0 Å². The smallest absolute Gasteiger partial charge is 0.117 e. The highest BCUT2D eigenvalue weighted by molar-refractivity contribution is 9.10. The van der Waals surface area contributed by atoms with E-state index in [9.17, 15) is 0 Å². The monoisotopic (exact) mass is 318 g/mol. The molecule has 0 N–H and O–H groups in total. The molecule has 5 heteroatoms. The fourth-order valence-corrected chi connectivity index (χ4v) is 3.24. The Bertz CT molecular complexity index is 516. The number of aromatic nitrogens is 2. The van der Waals surface area contributed by atoms with Crippen LogP contribution in [0.1, 0.15) is 25.6 Å². The summed E-state index contributed by atoms with van der Waals surface area (Å²) in [6, 6.07) is 4.27. The van der Waals surface area contributed by atoms with E-state index in [4.69, 9.17) is 11.6 Å². The topological polar surface area (TPSA) is 17.8 Å². The van der Waals surface area contributed by atoms with Crippen LogP contribution >= 0.6 is 38.9 Å². The molecule has 2 aromatic heterocycles. The Balaban J connectivity index is 2.54. The summed E-state index contributed by atoms with van der Waals surface area (Å²) >= 11 is 11.1. The maximum atomic E-state index is 5.94. The second-order valence-electron chi connectivity index (χ2n) is 3.89. The van der Waals surface area contributed by atoms with Gasteiger partial charge in [0.25, 0.3) is 0 Å². The lowest BCUT2D eigenvalue weighted by Crippen LogP contribution is -2.04. The summed E-state index contributed by atoms with van der Waals surface area (Å²) in [5.41, 5.74) is 2.12. The van der Waals surface area contributed by atoms with Gasteiger partial charge < -0.3 is 0 Å². The second-order valence-corrected chi connectivity index (χ2v) is 6.40.